The number of hydrogen-bond donors (Lipinski definition) is 2. The van der Waals surface area contributed by atoms with Crippen LogP contribution in [0.1, 0.15) is 15.9 Å². The number of fused-ring (bicyclic) bond motifs is 1. The van der Waals surface area contributed by atoms with Crippen LogP contribution in [0.25, 0.3) is 6.08 Å². The average molecular weight is 176 g/mol. The first kappa shape index (κ1) is 7.67. The minimum absolute atomic E-state index is 0.381. The second-order valence-electron chi connectivity index (χ2n) is 2.74. The second kappa shape index (κ2) is 2.52. The summed E-state index contributed by atoms with van der Waals surface area (Å²) in [4.78, 5) is 10.9. The number of carbonyl (C=O) groups excluding carboxylic acids is 1. The van der Waals surface area contributed by atoms with Crippen LogP contribution in [0, 0.1) is 0 Å². The molecule has 0 aliphatic carbocycles. The van der Waals surface area contributed by atoms with Crippen molar-refractivity contribution in [2.45, 2.75) is 0 Å². The minimum Gasteiger partial charge on any atom is -0.447 e. The van der Waals surface area contributed by atoms with Crippen molar-refractivity contribution in [2.75, 3.05) is 5.32 Å². The number of nitrogens with one attached hydrogen (secondary N) is 1. The van der Waals surface area contributed by atoms with E-state index >= 15 is 0 Å². The van der Waals surface area contributed by atoms with E-state index < -0.39 is 5.91 Å². The number of allylic oxidation sites excluding steroid dienone is 1. The maximum Gasteiger partial charge on any atom is 0.252 e. The molecule has 66 valence electrons. The summed E-state index contributed by atoms with van der Waals surface area (Å²) in [5, 5.41) is 2.88. The average Bonchev–Trinajstić information content (AvgIpc) is 2.46. The van der Waals surface area contributed by atoms with Crippen molar-refractivity contribution in [3.05, 3.63) is 35.7 Å². The number of anilines is 1. The molecular formula is C9H8N2O2. The first-order valence-electron chi connectivity index (χ1n) is 3.74. The van der Waals surface area contributed by atoms with Crippen molar-refractivity contribution in [2.24, 2.45) is 5.73 Å². The molecule has 0 radical (unpaired) electrons. The van der Waals surface area contributed by atoms with Crippen LogP contribution in [0.3, 0.4) is 0 Å². The number of carbonyl (C=O) groups is 1. The molecule has 4 nitrogen and oxygen atoms in total. The molecule has 2 heterocycles. The highest BCUT2D eigenvalue weighted by molar-refractivity contribution is 5.99. The Bertz CT molecular complexity index is 415. The van der Waals surface area contributed by atoms with Gasteiger partial charge in [0.2, 0.25) is 5.88 Å². The van der Waals surface area contributed by atoms with Gasteiger partial charge in [-0.2, -0.15) is 0 Å². The Morgan fingerprint density at radius 3 is 3.00 bits per heavy atom. The minimum atomic E-state index is -0.496. The fourth-order valence-electron chi connectivity index (χ4n) is 1.19. The van der Waals surface area contributed by atoms with Gasteiger partial charge in [-0.25, -0.2) is 0 Å². The van der Waals surface area contributed by atoms with Crippen molar-refractivity contribution >= 4 is 17.9 Å². The molecule has 1 amide bonds. The van der Waals surface area contributed by atoms with E-state index in [2.05, 4.69) is 11.9 Å². The molecule has 0 saturated carbocycles. The Balaban J connectivity index is 2.54. The van der Waals surface area contributed by atoms with E-state index in [-0.39, 0.29) is 0 Å². The van der Waals surface area contributed by atoms with E-state index in [0.29, 0.717) is 17.0 Å². The molecule has 1 aromatic rings. The molecule has 0 saturated heterocycles. The lowest BCUT2D eigenvalue weighted by atomic mass is 10.1. The van der Waals surface area contributed by atoms with Gasteiger partial charge >= 0.3 is 0 Å². The summed E-state index contributed by atoms with van der Waals surface area (Å²) in [5.74, 6) is 0.0188. The molecule has 0 fully saturated rings. The predicted molar refractivity (Wildman–Crippen MR) is 49.0 cm³/mol. The quantitative estimate of drug-likeness (QED) is 0.678. The highest BCUT2D eigenvalue weighted by Gasteiger charge is 2.17. The Morgan fingerprint density at radius 2 is 2.31 bits per heavy atom. The Labute approximate surface area is 74.7 Å². The predicted octanol–water partition coefficient (Wildman–Crippen LogP) is 1.33. The van der Waals surface area contributed by atoms with Gasteiger partial charge < -0.3 is 15.5 Å². The maximum absolute atomic E-state index is 10.9. The van der Waals surface area contributed by atoms with Crippen molar-refractivity contribution in [1.82, 2.24) is 0 Å². The Hall–Kier alpha value is -1.97. The third-order valence-electron chi connectivity index (χ3n) is 1.82. The van der Waals surface area contributed by atoms with E-state index in [1.165, 1.54) is 6.26 Å². The monoisotopic (exact) mass is 176 g/mol. The second-order valence-corrected chi connectivity index (χ2v) is 2.74. The van der Waals surface area contributed by atoms with Crippen molar-refractivity contribution in [1.29, 1.82) is 0 Å². The van der Waals surface area contributed by atoms with Crippen LogP contribution in [0.4, 0.5) is 5.88 Å². The van der Waals surface area contributed by atoms with Crippen LogP contribution >= 0.6 is 0 Å². The smallest absolute Gasteiger partial charge is 0.252 e. The standard InChI is InChI=1S/C9H8N2O2/c1-5-2-3-6-7(8(10)12)4-13-9(6)11-5/h2-4,11H,1H2,(H2,10,12). The molecule has 4 heteroatoms. The zero-order chi connectivity index (χ0) is 9.42. The molecule has 0 spiro atoms. The summed E-state index contributed by atoms with van der Waals surface area (Å²) in [6.45, 7) is 3.69. The van der Waals surface area contributed by atoms with E-state index in [9.17, 15) is 4.79 Å². The molecule has 1 aromatic heterocycles. The highest BCUT2D eigenvalue weighted by atomic mass is 16.3. The van der Waals surface area contributed by atoms with Crippen LogP contribution < -0.4 is 11.1 Å². The normalized spacial score (nSPS) is 13.7. The molecule has 1 aliphatic rings. The first-order valence-corrected chi connectivity index (χ1v) is 3.74. The Kier molecular flexibility index (Phi) is 1.48. The molecule has 13 heavy (non-hydrogen) atoms. The van der Waals surface area contributed by atoms with Crippen LogP contribution in [0.15, 0.2) is 29.0 Å². The van der Waals surface area contributed by atoms with Gasteiger partial charge in [-0.1, -0.05) is 6.58 Å². The molecule has 0 aromatic carbocycles. The van der Waals surface area contributed by atoms with Crippen LogP contribution in [0.2, 0.25) is 0 Å². The number of hydrogen-bond acceptors (Lipinski definition) is 3. The SMILES string of the molecule is C=C1C=Cc2c(C(N)=O)coc2N1. The lowest BCUT2D eigenvalue weighted by Gasteiger charge is -2.08. The molecule has 2 rings (SSSR count). The van der Waals surface area contributed by atoms with Gasteiger partial charge in [-0.05, 0) is 12.2 Å². The van der Waals surface area contributed by atoms with Gasteiger partial charge in [0.15, 0.2) is 0 Å². The van der Waals surface area contributed by atoms with Crippen molar-refractivity contribution < 1.29 is 9.21 Å². The third kappa shape index (κ3) is 1.12. The molecule has 0 bridgehead atoms. The fourth-order valence-corrected chi connectivity index (χ4v) is 1.19. The van der Waals surface area contributed by atoms with Crippen LogP contribution in [-0.4, -0.2) is 5.91 Å². The summed E-state index contributed by atoms with van der Waals surface area (Å²) in [6, 6.07) is 0. The van der Waals surface area contributed by atoms with Gasteiger partial charge in [-0.3, -0.25) is 4.79 Å². The number of amides is 1. The summed E-state index contributed by atoms with van der Waals surface area (Å²) in [7, 11) is 0. The summed E-state index contributed by atoms with van der Waals surface area (Å²) < 4.78 is 5.09. The number of rotatable bonds is 1. The maximum atomic E-state index is 10.9. The van der Waals surface area contributed by atoms with Crippen LogP contribution in [-0.2, 0) is 0 Å². The topological polar surface area (TPSA) is 68.3 Å². The van der Waals surface area contributed by atoms with Gasteiger partial charge in [0.25, 0.3) is 5.91 Å². The third-order valence-corrected chi connectivity index (χ3v) is 1.82. The van der Waals surface area contributed by atoms with Crippen molar-refractivity contribution in [3.63, 3.8) is 0 Å². The Morgan fingerprint density at radius 1 is 1.54 bits per heavy atom. The molecule has 3 N–H and O–H groups in total. The molecule has 0 unspecified atom stereocenters. The van der Waals surface area contributed by atoms with Crippen molar-refractivity contribution in [3.8, 4) is 0 Å². The first-order chi connectivity index (χ1) is 6.18. The lowest BCUT2D eigenvalue weighted by Crippen LogP contribution is -2.12. The number of nitrogens with two attached hydrogens (primary N) is 1. The van der Waals surface area contributed by atoms with E-state index in [1.807, 2.05) is 0 Å². The summed E-state index contributed by atoms with van der Waals surface area (Å²) in [5.41, 5.74) is 6.92. The van der Waals surface area contributed by atoms with Gasteiger partial charge in [0, 0.05) is 5.70 Å². The summed E-state index contributed by atoms with van der Waals surface area (Å²) in [6.07, 6.45) is 4.84. The van der Waals surface area contributed by atoms with E-state index in [4.69, 9.17) is 10.2 Å². The van der Waals surface area contributed by atoms with Gasteiger partial charge in [0.05, 0.1) is 11.1 Å². The molecule has 1 aliphatic heterocycles. The van der Waals surface area contributed by atoms with E-state index in [1.54, 1.807) is 12.2 Å². The highest BCUT2D eigenvalue weighted by Crippen LogP contribution is 2.28. The largest absolute Gasteiger partial charge is 0.447 e. The summed E-state index contributed by atoms with van der Waals surface area (Å²) >= 11 is 0. The zero-order valence-electron chi connectivity index (χ0n) is 6.83. The molecular weight excluding hydrogens is 168 g/mol. The van der Waals surface area contributed by atoms with Crippen LogP contribution in [0.5, 0.6) is 0 Å². The number of furan rings is 1. The number of primary amides is 1. The lowest BCUT2D eigenvalue weighted by molar-refractivity contribution is 0.0999. The fraction of sp³-hybridized carbons (Fsp3) is 0. The zero-order valence-corrected chi connectivity index (χ0v) is 6.83. The van der Waals surface area contributed by atoms with E-state index in [0.717, 1.165) is 5.70 Å². The van der Waals surface area contributed by atoms with Gasteiger partial charge in [-0.15, -0.1) is 0 Å². The van der Waals surface area contributed by atoms with Gasteiger partial charge in [0.1, 0.15) is 6.26 Å². The molecule has 0 atom stereocenters.